The van der Waals surface area contributed by atoms with Crippen molar-refractivity contribution < 1.29 is 4.79 Å². The summed E-state index contributed by atoms with van der Waals surface area (Å²) in [6.07, 6.45) is 1.65. The van der Waals surface area contributed by atoms with Crippen LogP contribution >= 0.6 is 0 Å². The maximum atomic E-state index is 12.1. The van der Waals surface area contributed by atoms with Crippen molar-refractivity contribution in [3.05, 3.63) is 53.7 Å². The number of anilines is 2. The molecule has 4 heteroatoms. The maximum absolute atomic E-state index is 12.1. The lowest BCUT2D eigenvalue weighted by Gasteiger charge is -2.09. The summed E-state index contributed by atoms with van der Waals surface area (Å²) in [6, 6.07) is 11.0. The van der Waals surface area contributed by atoms with E-state index in [0.29, 0.717) is 11.4 Å². The van der Waals surface area contributed by atoms with Gasteiger partial charge in [0, 0.05) is 24.0 Å². The van der Waals surface area contributed by atoms with Crippen LogP contribution in [0.1, 0.15) is 22.8 Å². The molecule has 1 aromatic carbocycles. The third-order valence-electron chi connectivity index (χ3n) is 2.76. The molecule has 98 valence electrons. The number of aromatic nitrogens is 1. The van der Waals surface area contributed by atoms with Crippen molar-refractivity contribution >= 4 is 17.4 Å². The molecule has 0 saturated carbocycles. The van der Waals surface area contributed by atoms with E-state index < -0.39 is 0 Å². The zero-order chi connectivity index (χ0) is 13.7. The molecule has 0 unspecified atom stereocenters. The Morgan fingerprint density at radius 2 is 2.11 bits per heavy atom. The molecule has 0 fully saturated rings. The molecule has 2 aromatic rings. The predicted molar refractivity (Wildman–Crippen MR) is 77.5 cm³/mol. The van der Waals surface area contributed by atoms with Crippen LogP contribution in [0.2, 0.25) is 0 Å². The van der Waals surface area contributed by atoms with Gasteiger partial charge in [0.25, 0.3) is 5.91 Å². The summed E-state index contributed by atoms with van der Waals surface area (Å²) in [5.41, 5.74) is 2.73. The molecule has 2 N–H and O–H groups in total. The SMILES string of the molecule is CCNc1ccc(C(=O)Nc2ccccn2)cc1C. The standard InChI is InChI=1S/C15H17N3O/c1-3-16-13-8-7-12(10-11(13)2)15(19)18-14-6-4-5-9-17-14/h4-10,16H,3H2,1-2H3,(H,17,18,19). The first kappa shape index (κ1) is 13.1. The van der Waals surface area contributed by atoms with E-state index in [1.165, 1.54) is 0 Å². The van der Waals surface area contributed by atoms with Gasteiger partial charge in [0.05, 0.1) is 0 Å². The van der Waals surface area contributed by atoms with Crippen LogP contribution in [0.3, 0.4) is 0 Å². The molecular formula is C15H17N3O. The molecule has 0 radical (unpaired) electrons. The van der Waals surface area contributed by atoms with E-state index in [1.807, 2.05) is 44.2 Å². The van der Waals surface area contributed by atoms with Crippen molar-refractivity contribution in [3.8, 4) is 0 Å². The van der Waals surface area contributed by atoms with Crippen LogP contribution in [0.4, 0.5) is 11.5 Å². The minimum absolute atomic E-state index is 0.148. The summed E-state index contributed by atoms with van der Waals surface area (Å²) >= 11 is 0. The average Bonchev–Trinajstić information content (AvgIpc) is 2.42. The van der Waals surface area contributed by atoms with E-state index in [1.54, 1.807) is 12.3 Å². The Morgan fingerprint density at radius 1 is 1.26 bits per heavy atom. The van der Waals surface area contributed by atoms with Crippen LogP contribution in [-0.4, -0.2) is 17.4 Å². The molecule has 0 atom stereocenters. The molecule has 0 bridgehead atoms. The highest BCUT2D eigenvalue weighted by Crippen LogP contribution is 2.17. The highest BCUT2D eigenvalue weighted by Gasteiger charge is 2.08. The van der Waals surface area contributed by atoms with Gasteiger partial charge in [0.2, 0.25) is 0 Å². The van der Waals surface area contributed by atoms with Crippen molar-refractivity contribution in [3.63, 3.8) is 0 Å². The van der Waals surface area contributed by atoms with Gasteiger partial charge in [-0.1, -0.05) is 6.07 Å². The zero-order valence-electron chi connectivity index (χ0n) is 11.1. The van der Waals surface area contributed by atoms with E-state index in [2.05, 4.69) is 15.6 Å². The largest absolute Gasteiger partial charge is 0.385 e. The Balaban J connectivity index is 2.14. The molecule has 1 aromatic heterocycles. The first-order valence-corrected chi connectivity index (χ1v) is 6.27. The fourth-order valence-electron chi connectivity index (χ4n) is 1.82. The Kier molecular flexibility index (Phi) is 4.13. The van der Waals surface area contributed by atoms with Crippen LogP contribution in [-0.2, 0) is 0 Å². The van der Waals surface area contributed by atoms with Gasteiger partial charge in [-0.3, -0.25) is 4.79 Å². The number of nitrogens with one attached hydrogen (secondary N) is 2. The second-order valence-corrected chi connectivity index (χ2v) is 4.23. The molecule has 0 spiro atoms. The molecular weight excluding hydrogens is 238 g/mol. The van der Waals surface area contributed by atoms with Crippen LogP contribution < -0.4 is 10.6 Å². The lowest BCUT2D eigenvalue weighted by molar-refractivity contribution is 0.102. The second kappa shape index (κ2) is 6.00. The summed E-state index contributed by atoms with van der Waals surface area (Å²) in [4.78, 5) is 16.1. The molecule has 0 saturated heterocycles. The zero-order valence-corrected chi connectivity index (χ0v) is 11.1. The maximum Gasteiger partial charge on any atom is 0.256 e. The minimum atomic E-state index is -0.148. The minimum Gasteiger partial charge on any atom is -0.385 e. The fourth-order valence-corrected chi connectivity index (χ4v) is 1.82. The molecule has 1 amide bonds. The number of nitrogens with zero attached hydrogens (tertiary/aromatic N) is 1. The molecule has 2 rings (SSSR count). The second-order valence-electron chi connectivity index (χ2n) is 4.23. The van der Waals surface area contributed by atoms with Crippen LogP contribution in [0.5, 0.6) is 0 Å². The molecule has 0 aliphatic carbocycles. The normalized spacial score (nSPS) is 10.0. The number of carbonyl (C=O) groups excluding carboxylic acids is 1. The number of benzene rings is 1. The van der Waals surface area contributed by atoms with Crippen molar-refractivity contribution in [2.24, 2.45) is 0 Å². The highest BCUT2D eigenvalue weighted by molar-refractivity contribution is 6.04. The summed E-state index contributed by atoms with van der Waals surface area (Å²) < 4.78 is 0. The molecule has 0 aliphatic rings. The number of aryl methyl sites for hydroxylation is 1. The molecule has 1 heterocycles. The van der Waals surface area contributed by atoms with E-state index in [9.17, 15) is 4.79 Å². The van der Waals surface area contributed by atoms with Crippen LogP contribution in [0, 0.1) is 6.92 Å². The monoisotopic (exact) mass is 255 g/mol. The highest BCUT2D eigenvalue weighted by atomic mass is 16.1. The Labute approximate surface area is 112 Å². The number of carbonyl (C=O) groups is 1. The lowest BCUT2D eigenvalue weighted by Crippen LogP contribution is -2.13. The fraction of sp³-hybridized carbons (Fsp3) is 0.200. The summed E-state index contributed by atoms with van der Waals surface area (Å²) in [5, 5.41) is 6.01. The van der Waals surface area contributed by atoms with E-state index in [-0.39, 0.29) is 5.91 Å². The third-order valence-corrected chi connectivity index (χ3v) is 2.76. The van der Waals surface area contributed by atoms with Gasteiger partial charge >= 0.3 is 0 Å². The lowest BCUT2D eigenvalue weighted by atomic mass is 10.1. The van der Waals surface area contributed by atoms with Crippen LogP contribution in [0.15, 0.2) is 42.6 Å². The number of amides is 1. The first-order chi connectivity index (χ1) is 9.20. The topological polar surface area (TPSA) is 54.0 Å². The third kappa shape index (κ3) is 3.31. The van der Waals surface area contributed by atoms with Gasteiger partial charge in [0.1, 0.15) is 5.82 Å². The van der Waals surface area contributed by atoms with Crippen molar-refractivity contribution in [2.45, 2.75) is 13.8 Å². The van der Waals surface area contributed by atoms with E-state index in [0.717, 1.165) is 17.8 Å². The van der Waals surface area contributed by atoms with E-state index in [4.69, 9.17) is 0 Å². The van der Waals surface area contributed by atoms with Crippen molar-refractivity contribution in [1.82, 2.24) is 4.98 Å². The van der Waals surface area contributed by atoms with Crippen molar-refractivity contribution in [1.29, 1.82) is 0 Å². The summed E-state index contributed by atoms with van der Waals surface area (Å²) in [6.45, 7) is 4.89. The van der Waals surface area contributed by atoms with Gasteiger partial charge in [-0.25, -0.2) is 4.98 Å². The Morgan fingerprint density at radius 3 is 2.74 bits per heavy atom. The van der Waals surface area contributed by atoms with Gasteiger partial charge in [-0.15, -0.1) is 0 Å². The Bertz CT molecular complexity index is 567. The molecule has 19 heavy (non-hydrogen) atoms. The van der Waals surface area contributed by atoms with E-state index >= 15 is 0 Å². The Hall–Kier alpha value is -2.36. The molecule has 0 aliphatic heterocycles. The van der Waals surface area contributed by atoms with Gasteiger partial charge in [-0.05, 0) is 49.7 Å². The van der Waals surface area contributed by atoms with Gasteiger partial charge in [-0.2, -0.15) is 0 Å². The number of pyridine rings is 1. The number of hydrogen-bond acceptors (Lipinski definition) is 3. The quantitative estimate of drug-likeness (QED) is 0.882. The predicted octanol–water partition coefficient (Wildman–Crippen LogP) is 3.07. The van der Waals surface area contributed by atoms with Crippen LogP contribution in [0.25, 0.3) is 0 Å². The number of rotatable bonds is 4. The van der Waals surface area contributed by atoms with Gasteiger partial charge < -0.3 is 10.6 Å². The summed E-state index contributed by atoms with van der Waals surface area (Å²) in [7, 11) is 0. The van der Waals surface area contributed by atoms with Crippen molar-refractivity contribution in [2.75, 3.05) is 17.2 Å². The smallest absolute Gasteiger partial charge is 0.256 e. The average molecular weight is 255 g/mol. The summed E-state index contributed by atoms with van der Waals surface area (Å²) in [5.74, 6) is 0.408. The van der Waals surface area contributed by atoms with Gasteiger partial charge in [0.15, 0.2) is 0 Å². The first-order valence-electron chi connectivity index (χ1n) is 6.27. The molecule has 4 nitrogen and oxygen atoms in total. The number of hydrogen-bond donors (Lipinski definition) is 2.